The van der Waals surface area contributed by atoms with Crippen molar-refractivity contribution in [3.8, 4) is 0 Å². The van der Waals surface area contributed by atoms with E-state index >= 15 is 0 Å². The van der Waals surface area contributed by atoms with Crippen LogP contribution in [-0.4, -0.2) is 11.7 Å². The number of aryl methyl sites for hydroxylation is 2. The van der Waals surface area contributed by atoms with Gasteiger partial charge in [0.1, 0.15) is 5.76 Å². The summed E-state index contributed by atoms with van der Waals surface area (Å²) in [5.41, 5.74) is 3.47. The van der Waals surface area contributed by atoms with E-state index in [9.17, 15) is 9.59 Å². The fraction of sp³-hybridized carbons (Fsp3) is 0.294. The number of benzene rings is 1. The molecule has 0 saturated heterocycles. The lowest BCUT2D eigenvalue weighted by molar-refractivity contribution is 0.0963. The van der Waals surface area contributed by atoms with Crippen LogP contribution >= 0.6 is 0 Å². The highest BCUT2D eigenvalue weighted by atomic mass is 16.4. The Balaban J connectivity index is 1.86. The summed E-state index contributed by atoms with van der Waals surface area (Å²) in [4.78, 5) is 24.1. The molecule has 0 aliphatic heterocycles. The summed E-state index contributed by atoms with van der Waals surface area (Å²) in [5.74, 6) is 0.588. The molecule has 1 amide bonds. The van der Waals surface area contributed by atoms with Gasteiger partial charge in [0.2, 0.25) is 0 Å². The van der Waals surface area contributed by atoms with Gasteiger partial charge < -0.3 is 9.73 Å². The van der Waals surface area contributed by atoms with E-state index < -0.39 is 0 Å². The molecule has 0 radical (unpaired) electrons. The smallest absolute Gasteiger partial charge is 0.291 e. The van der Waals surface area contributed by atoms with Crippen LogP contribution < -0.4 is 5.32 Å². The molecule has 1 N–H and O–H groups in total. The quantitative estimate of drug-likeness (QED) is 0.914. The number of furan rings is 1. The topological polar surface area (TPSA) is 59.3 Å². The van der Waals surface area contributed by atoms with Crippen molar-refractivity contribution in [1.82, 2.24) is 0 Å². The van der Waals surface area contributed by atoms with E-state index in [0.29, 0.717) is 17.7 Å². The number of hydrogen-bond donors (Lipinski definition) is 1. The van der Waals surface area contributed by atoms with Gasteiger partial charge in [-0.3, -0.25) is 9.59 Å². The van der Waals surface area contributed by atoms with Crippen LogP contribution in [0.1, 0.15) is 50.6 Å². The van der Waals surface area contributed by atoms with Crippen LogP contribution in [0, 0.1) is 13.8 Å². The van der Waals surface area contributed by atoms with Gasteiger partial charge in [0.15, 0.2) is 11.5 Å². The van der Waals surface area contributed by atoms with Crippen LogP contribution in [-0.2, 0) is 6.42 Å². The Hall–Kier alpha value is -2.36. The molecule has 1 aromatic heterocycles. The fourth-order valence-corrected chi connectivity index (χ4v) is 2.58. The standard InChI is InChI=1S/C17H17NO3/c1-10-5-3-6-13(11(10)2)18-17(20)16-9-12-14(19)7-4-8-15(12)21-16/h3,5-6,9H,4,7-8H2,1-2H3,(H,18,20). The normalized spacial score (nSPS) is 13.9. The van der Waals surface area contributed by atoms with E-state index in [-0.39, 0.29) is 17.5 Å². The Morgan fingerprint density at radius 1 is 1.24 bits per heavy atom. The molecule has 3 rings (SSSR count). The number of hydrogen-bond acceptors (Lipinski definition) is 3. The van der Waals surface area contributed by atoms with Gasteiger partial charge in [0, 0.05) is 24.6 Å². The number of ketones is 1. The maximum Gasteiger partial charge on any atom is 0.291 e. The van der Waals surface area contributed by atoms with Crippen molar-refractivity contribution < 1.29 is 14.0 Å². The molecular formula is C17H17NO3. The molecule has 0 atom stereocenters. The Kier molecular flexibility index (Phi) is 3.37. The van der Waals surface area contributed by atoms with Gasteiger partial charge in [-0.15, -0.1) is 0 Å². The number of carbonyl (C=O) groups excluding carboxylic acids is 2. The second kappa shape index (κ2) is 5.20. The predicted octanol–water partition coefficient (Wildman–Crippen LogP) is 3.67. The third-order valence-electron chi connectivity index (χ3n) is 3.99. The van der Waals surface area contributed by atoms with Gasteiger partial charge in [-0.05, 0) is 37.5 Å². The van der Waals surface area contributed by atoms with Crippen LogP contribution in [0.25, 0.3) is 0 Å². The average Bonchev–Trinajstić information content (AvgIpc) is 2.89. The third kappa shape index (κ3) is 2.49. The van der Waals surface area contributed by atoms with Gasteiger partial charge in [0.25, 0.3) is 5.91 Å². The third-order valence-corrected chi connectivity index (χ3v) is 3.99. The molecule has 0 bridgehead atoms. The van der Waals surface area contributed by atoms with Crippen molar-refractivity contribution in [1.29, 1.82) is 0 Å². The zero-order valence-electron chi connectivity index (χ0n) is 12.2. The number of amides is 1. The summed E-state index contributed by atoms with van der Waals surface area (Å²) < 4.78 is 5.55. The first-order valence-corrected chi connectivity index (χ1v) is 7.09. The summed E-state index contributed by atoms with van der Waals surface area (Å²) in [6.45, 7) is 3.96. The lowest BCUT2D eigenvalue weighted by Crippen LogP contribution is -2.12. The summed E-state index contributed by atoms with van der Waals surface area (Å²) >= 11 is 0. The van der Waals surface area contributed by atoms with Gasteiger partial charge in [-0.2, -0.15) is 0 Å². The minimum absolute atomic E-state index is 0.0609. The largest absolute Gasteiger partial charge is 0.455 e. The average molecular weight is 283 g/mol. The maximum absolute atomic E-state index is 12.3. The summed E-state index contributed by atoms with van der Waals surface area (Å²) in [7, 11) is 0. The molecule has 1 aromatic carbocycles. The van der Waals surface area contributed by atoms with Crippen LogP contribution in [0.2, 0.25) is 0 Å². The predicted molar refractivity (Wildman–Crippen MR) is 79.8 cm³/mol. The highest BCUT2D eigenvalue weighted by Crippen LogP contribution is 2.26. The molecule has 4 heteroatoms. The van der Waals surface area contributed by atoms with Gasteiger partial charge in [-0.25, -0.2) is 0 Å². The molecule has 0 fully saturated rings. The molecule has 1 aliphatic rings. The second-order valence-electron chi connectivity index (χ2n) is 5.43. The van der Waals surface area contributed by atoms with E-state index in [2.05, 4.69) is 5.32 Å². The van der Waals surface area contributed by atoms with E-state index in [1.807, 2.05) is 32.0 Å². The minimum Gasteiger partial charge on any atom is -0.455 e. The van der Waals surface area contributed by atoms with Crippen molar-refractivity contribution >= 4 is 17.4 Å². The highest BCUT2D eigenvalue weighted by Gasteiger charge is 2.24. The molecule has 4 nitrogen and oxygen atoms in total. The van der Waals surface area contributed by atoms with Crippen molar-refractivity contribution in [2.45, 2.75) is 33.1 Å². The second-order valence-corrected chi connectivity index (χ2v) is 5.43. The lowest BCUT2D eigenvalue weighted by Gasteiger charge is -2.09. The summed E-state index contributed by atoms with van der Waals surface area (Å²) in [6.07, 6.45) is 2.04. The van der Waals surface area contributed by atoms with Crippen molar-refractivity contribution in [3.63, 3.8) is 0 Å². The van der Waals surface area contributed by atoms with Gasteiger partial charge >= 0.3 is 0 Å². The number of carbonyl (C=O) groups is 2. The number of nitrogens with one attached hydrogen (secondary N) is 1. The molecule has 0 spiro atoms. The Morgan fingerprint density at radius 3 is 2.81 bits per heavy atom. The molecular weight excluding hydrogens is 266 g/mol. The van der Waals surface area contributed by atoms with E-state index in [1.54, 1.807) is 6.07 Å². The van der Waals surface area contributed by atoms with E-state index in [0.717, 1.165) is 29.7 Å². The zero-order valence-corrected chi connectivity index (χ0v) is 12.2. The number of Topliss-reactive ketones (excluding diaryl/α,β-unsaturated/α-hetero) is 1. The minimum atomic E-state index is -0.314. The first kappa shape index (κ1) is 13.6. The molecule has 1 aliphatic carbocycles. The van der Waals surface area contributed by atoms with E-state index in [4.69, 9.17) is 4.42 Å². The summed E-state index contributed by atoms with van der Waals surface area (Å²) in [5, 5.41) is 2.85. The van der Waals surface area contributed by atoms with Crippen molar-refractivity contribution in [2.24, 2.45) is 0 Å². The number of fused-ring (bicyclic) bond motifs is 1. The number of rotatable bonds is 2. The van der Waals surface area contributed by atoms with E-state index in [1.165, 1.54) is 0 Å². The highest BCUT2D eigenvalue weighted by molar-refractivity contribution is 6.06. The SMILES string of the molecule is Cc1cccc(NC(=O)c2cc3c(o2)CCCC3=O)c1C. The van der Waals surface area contributed by atoms with Crippen LogP contribution in [0.15, 0.2) is 28.7 Å². The van der Waals surface area contributed by atoms with Crippen LogP contribution in [0.3, 0.4) is 0 Å². The monoisotopic (exact) mass is 283 g/mol. The fourth-order valence-electron chi connectivity index (χ4n) is 2.58. The first-order valence-electron chi connectivity index (χ1n) is 7.09. The lowest BCUT2D eigenvalue weighted by atomic mass is 9.97. The molecule has 1 heterocycles. The first-order chi connectivity index (χ1) is 10.1. The molecule has 2 aromatic rings. The number of anilines is 1. The summed E-state index contributed by atoms with van der Waals surface area (Å²) in [6, 6.07) is 7.31. The van der Waals surface area contributed by atoms with Gasteiger partial charge in [0.05, 0.1) is 5.56 Å². The Bertz CT molecular complexity index is 728. The Labute approximate surface area is 123 Å². The molecule has 21 heavy (non-hydrogen) atoms. The zero-order chi connectivity index (χ0) is 15.0. The maximum atomic E-state index is 12.3. The van der Waals surface area contributed by atoms with Crippen LogP contribution in [0.4, 0.5) is 5.69 Å². The molecule has 0 saturated carbocycles. The van der Waals surface area contributed by atoms with Gasteiger partial charge in [-0.1, -0.05) is 12.1 Å². The van der Waals surface area contributed by atoms with Crippen LogP contribution in [0.5, 0.6) is 0 Å². The Morgan fingerprint density at radius 2 is 2.05 bits per heavy atom. The van der Waals surface area contributed by atoms with Crippen molar-refractivity contribution in [2.75, 3.05) is 5.32 Å². The van der Waals surface area contributed by atoms with Crippen molar-refractivity contribution in [3.05, 3.63) is 52.5 Å². The molecule has 0 unspecified atom stereocenters. The molecule has 108 valence electrons.